The zero-order chi connectivity index (χ0) is 12.1. The average molecular weight is 248 g/mol. The number of hydrogen-bond acceptors (Lipinski definition) is 5. The van der Waals surface area contributed by atoms with E-state index in [4.69, 9.17) is 0 Å². The van der Waals surface area contributed by atoms with Crippen molar-refractivity contribution >= 4 is 22.3 Å². The highest BCUT2D eigenvalue weighted by Crippen LogP contribution is 2.19. The Hall–Kier alpha value is -1.62. The van der Waals surface area contributed by atoms with E-state index in [1.807, 2.05) is 32.4 Å². The molecule has 17 heavy (non-hydrogen) atoms. The normalized spacial score (nSPS) is 10.2. The fourth-order valence-electron chi connectivity index (χ4n) is 1.55. The van der Waals surface area contributed by atoms with Crippen molar-refractivity contribution in [1.29, 1.82) is 0 Å². The zero-order valence-electron chi connectivity index (χ0n) is 10.0. The van der Waals surface area contributed by atoms with Crippen LogP contribution < -0.4 is 10.6 Å². The van der Waals surface area contributed by atoms with Gasteiger partial charge >= 0.3 is 0 Å². The van der Waals surface area contributed by atoms with Crippen molar-refractivity contribution in [3.05, 3.63) is 35.0 Å². The Morgan fingerprint density at radius 1 is 1.18 bits per heavy atom. The molecule has 0 aromatic carbocycles. The number of aryl methyl sites for hydroxylation is 2. The van der Waals surface area contributed by atoms with E-state index in [2.05, 4.69) is 26.7 Å². The van der Waals surface area contributed by atoms with Crippen LogP contribution in [0.15, 0.2) is 24.4 Å². The van der Waals surface area contributed by atoms with Crippen molar-refractivity contribution in [1.82, 2.24) is 9.97 Å². The Morgan fingerprint density at radius 2 is 2.06 bits per heavy atom. The minimum absolute atomic E-state index is 0.919. The largest absolute Gasteiger partial charge is 0.373 e. The van der Waals surface area contributed by atoms with Crippen molar-refractivity contribution in [2.24, 2.45) is 0 Å². The monoisotopic (exact) mass is 248 g/mol. The lowest BCUT2D eigenvalue weighted by Gasteiger charge is -2.02. The quantitative estimate of drug-likeness (QED) is 0.853. The molecule has 4 nitrogen and oxygen atoms in total. The third kappa shape index (κ3) is 3.17. The van der Waals surface area contributed by atoms with Crippen LogP contribution in [0.3, 0.4) is 0 Å². The zero-order valence-corrected chi connectivity index (χ0v) is 10.8. The first-order valence-electron chi connectivity index (χ1n) is 5.58. The minimum atomic E-state index is 0.919. The van der Waals surface area contributed by atoms with Crippen LogP contribution >= 0.6 is 11.3 Å². The minimum Gasteiger partial charge on any atom is -0.373 e. The lowest BCUT2D eigenvalue weighted by atomic mass is 10.2. The Morgan fingerprint density at radius 3 is 2.76 bits per heavy atom. The SMILES string of the molecule is CNc1cccc(CCc2cnc(NC)s2)n1. The number of hydrogen-bond donors (Lipinski definition) is 2. The molecule has 90 valence electrons. The number of rotatable bonds is 5. The molecule has 0 bridgehead atoms. The van der Waals surface area contributed by atoms with Gasteiger partial charge in [0.2, 0.25) is 0 Å². The topological polar surface area (TPSA) is 49.8 Å². The molecule has 0 aliphatic rings. The summed E-state index contributed by atoms with van der Waals surface area (Å²) in [5.74, 6) is 0.919. The number of nitrogens with zero attached hydrogens (tertiary/aromatic N) is 2. The number of pyridine rings is 1. The van der Waals surface area contributed by atoms with Crippen LogP contribution in [0.25, 0.3) is 0 Å². The number of anilines is 2. The molecule has 0 saturated carbocycles. The van der Waals surface area contributed by atoms with Crippen LogP contribution in [-0.4, -0.2) is 24.1 Å². The summed E-state index contributed by atoms with van der Waals surface area (Å²) >= 11 is 1.70. The van der Waals surface area contributed by atoms with Gasteiger partial charge in [-0.3, -0.25) is 0 Å². The molecule has 0 spiro atoms. The smallest absolute Gasteiger partial charge is 0.182 e. The van der Waals surface area contributed by atoms with E-state index in [9.17, 15) is 0 Å². The molecule has 0 amide bonds. The summed E-state index contributed by atoms with van der Waals surface area (Å²) in [6.07, 6.45) is 3.86. The Bertz CT molecular complexity index is 481. The van der Waals surface area contributed by atoms with Crippen LogP contribution in [-0.2, 0) is 12.8 Å². The highest BCUT2D eigenvalue weighted by Gasteiger charge is 2.02. The summed E-state index contributed by atoms with van der Waals surface area (Å²) in [6.45, 7) is 0. The molecule has 2 aromatic rings. The van der Waals surface area contributed by atoms with Gasteiger partial charge in [0.15, 0.2) is 5.13 Å². The Balaban J connectivity index is 1.96. The van der Waals surface area contributed by atoms with E-state index in [1.165, 1.54) is 4.88 Å². The van der Waals surface area contributed by atoms with Crippen molar-refractivity contribution in [2.45, 2.75) is 12.8 Å². The van der Waals surface area contributed by atoms with Crippen LogP contribution in [0.1, 0.15) is 10.6 Å². The summed E-state index contributed by atoms with van der Waals surface area (Å²) in [5.41, 5.74) is 1.11. The van der Waals surface area contributed by atoms with Crippen LogP contribution in [0, 0.1) is 0 Å². The van der Waals surface area contributed by atoms with Gasteiger partial charge in [0.25, 0.3) is 0 Å². The Labute approximate surface area is 105 Å². The maximum Gasteiger partial charge on any atom is 0.182 e. The maximum atomic E-state index is 4.49. The fraction of sp³-hybridized carbons (Fsp3) is 0.333. The van der Waals surface area contributed by atoms with Gasteiger partial charge in [-0.1, -0.05) is 6.07 Å². The molecule has 0 aliphatic heterocycles. The van der Waals surface area contributed by atoms with E-state index < -0.39 is 0 Å². The first-order chi connectivity index (χ1) is 8.31. The maximum absolute atomic E-state index is 4.49. The lowest BCUT2D eigenvalue weighted by Crippen LogP contribution is -1.97. The van der Waals surface area contributed by atoms with Crippen molar-refractivity contribution < 1.29 is 0 Å². The second kappa shape index (κ2) is 5.63. The summed E-state index contributed by atoms with van der Waals surface area (Å²) in [4.78, 5) is 10.0. The molecule has 0 fully saturated rings. The summed E-state index contributed by atoms with van der Waals surface area (Å²) < 4.78 is 0. The van der Waals surface area contributed by atoms with Gasteiger partial charge in [0, 0.05) is 30.9 Å². The molecule has 2 N–H and O–H groups in total. The van der Waals surface area contributed by atoms with Gasteiger partial charge in [-0.05, 0) is 25.0 Å². The molecular formula is C12H16N4S. The second-order valence-electron chi connectivity index (χ2n) is 3.65. The molecule has 0 radical (unpaired) electrons. The first kappa shape index (κ1) is 11.9. The third-order valence-electron chi connectivity index (χ3n) is 2.46. The molecule has 0 aliphatic carbocycles. The second-order valence-corrected chi connectivity index (χ2v) is 4.76. The van der Waals surface area contributed by atoms with Crippen molar-refractivity contribution in [3.63, 3.8) is 0 Å². The molecule has 0 saturated heterocycles. The van der Waals surface area contributed by atoms with Gasteiger partial charge in [-0.15, -0.1) is 11.3 Å². The molecule has 0 atom stereocenters. The predicted molar refractivity (Wildman–Crippen MR) is 72.9 cm³/mol. The predicted octanol–water partition coefficient (Wildman–Crippen LogP) is 2.41. The average Bonchev–Trinajstić information content (AvgIpc) is 2.84. The first-order valence-corrected chi connectivity index (χ1v) is 6.39. The fourth-order valence-corrected chi connectivity index (χ4v) is 2.31. The highest BCUT2D eigenvalue weighted by atomic mass is 32.1. The van der Waals surface area contributed by atoms with Gasteiger partial charge in [0.1, 0.15) is 5.82 Å². The van der Waals surface area contributed by atoms with Gasteiger partial charge in [0.05, 0.1) is 0 Å². The van der Waals surface area contributed by atoms with E-state index >= 15 is 0 Å². The van der Waals surface area contributed by atoms with E-state index in [0.29, 0.717) is 0 Å². The van der Waals surface area contributed by atoms with Crippen molar-refractivity contribution in [2.75, 3.05) is 24.7 Å². The highest BCUT2D eigenvalue weighted by molar-refractivity contribution is 7.15. The molecule has 0 unspecified atom stereocenters. The molecule has 2 rings (SSSR count). The summed E-state index contributed by atoms with van der Waals surface area (Å²) in [5, 5.41) is 7.06. The molecular weight excluding hydrogens is 232 g/mol. The van der Waals surface area contributed by atoms with E-state index in [1.54, 1.807) is 11.3 Å². The number of aromatic nitrogens is 2. The third-order valence-corrected chi connectivity index (χ3v) is 3.53. The molecule has 2 heterocycles. The van der Waals surface area contributed by atoms with Crippen LogP contribution in [0.5, 0.6) is 0 Å². The standard InChI is InChI=1S/C12H16N4S/c1-13-11-5-3-4-9(16-11)6-7-10-8-15-12(14-2)17-10/h3-5,8H,6-7H2,1-2H3,(H,13,16)(H,14,15). The summed E-state index contributed by atoms with van der Waals surface area (Å²) in [7, 11) is 3.77. The van der Waals surface area contributed by atoms with E-state index in [-0.39, 0.29) is 0 Å². The van der Waals surface area contributed by atoms with E-state index in [0.717, 1.165) is 29.5 Å². The Kier molecular flexibility index (Phi) is 3.93. The van der Waals surface area contributed by atoms with Crippen LogP contribution in [0.2, 0.25) is 0 Å². The number of thiazole rings is 1. The molecule has 5 heteroatoms. The van der Waals surface area contributed by atoms with Gasteiger partial charge < -0.3 is 10.6 Å². The summed E-state index contributed by atoms with van der Waals surface area (Å²) in [6, 6.07) is 6.05. The van der Waals surface area contributed by atoms with Gasteiger partial charge in [-0.25, -0.2) is 9.97 Å². The van der Waals surface area contributed by atoms with Crippen molar-refractivity contribution in [3.8, 4) is 0 Å². The number of nitrogens with one attached hydrogen (secondary N) is 2. The van der Waals surface area contributed by atoms with Gasteiger partial charge in [-0.2, -0.15) is 0 Å². The molecule has 2 aromatic heterocycles. The van der Waals surface area contributed by atoms with Crippen LogP contribution in [0.4, 0.5) is 10.9 Å². The lowest BCUT2D eigenvalue weighted by molar-refractivity contribution is 0.927.